The number of aryl methyl sites for hydroxylation is 2. The summed E-state index contributed by atoms with van der Waals surface area (Å²) in [5.41, 5.74) is -0.451. The number of alkyl halides is 3. The normalized spacial score (nSPS) is 29.7. The number of hydrogen-bond donors (Lipinski definition) is 1. The molecule has 5 aliphatic rings. The summed E-state index contributed by atoms with van der Waals surface area (Å²) in [5.74, 6) is -1.94. The summed E-state index contributed by atoms with van der Waals surface area (Å²) in [6.07, 6.45) is 5.76. The molecular weight excluding hydrogens is 746 g/mol. The van der Waals surface area contributed by atoms with Gasteiger partial charge in [0, 0.05) is 48.0 Å². The first kappa shape index (κ1) is 38.5. The van der Waals surface area contributed by atoms with Gasteiger partial charge in [0.05, 0.1) is 39.5 Å². The molecule has 0 unspecified atom stereocenters. The largest absolute Gasteiger partial charge is 0.483 e. The van der Waals surface area contributed by atoms with E-state index in [2.05, 4.69) is 9.71 Å². The van der Waals surface area contributed by atoms with Gasteiger partial charge in [0.1, 0.15) is 11.4 Å². The lowest BCUT2D eigenvalue weighted by molar-refractivity contribution is -0.142. The maximum absolute atomic E-state index is 14.9. The molecule has 5 heterocycles. The summed E-state index contributed by atoms with van der Waals surface area (Å²) in [4.78, 5) is 54.2. The zero-order chi connectivity index (χ0) is 39.7. The Morgan fingerprint density at radius 3 is 2.62 bits per heavy atom. The van der Waals surface area contributed by atoms with Crippen molar-refractivity contribution in [2.75, 3.05) is 6.54 Å². The zero-order valence-electron chi connectivity index (χ0n) is 31.7. The molecule has 3 fully saturated rings. The van der Waals surface area contributed by atoms with Gasteiger partial charge in [0.25, 0.3) is 0 Å². The topological polar surface area (TPSA) is 136 Å². The Morgan fingerprint density at radius 2 is 1.86 bits per heavy atom. The standard InChI is InChI=1S/C42H47F3N4O6S/c1-26-36-32(31-12-8-9-13-33(31)47-26)14-16-40(55-36)23-34-35(50)24-41(38(52)48-56(53,54)39(2)17-18-39)22-29(41)11-7-5-3-4-6-10-27(37(51)49(34)25-40)20-30-21-28(15-19-46-30)42(43,44)45/h7-9,11-13,15,19,21,27,29,34H,3-6,10,14,16-18,20,22-25H2,1-2H3,(H,48,52)/b11-7-/t27-,29-,34+,40-,41-/m1/s1. The Balaban J connectivity index is 1.15. The number of aromatic nitrogens is 2. The van der Waals surface area contributed by atoms with Gasteiger partial charge in [-0.25, -0.2) is 13.4 Å². The van der Waals surface area contributed by atoms with E-state index in [-0.39, 0.29) is 49.1 Å². The number of nitrogens with zero attached hydrogens (tertiary/aromatic N) is 3. The van der Waals surface area contributed by atoms with Gasteiger partial charge in [-0.1, -0.05) is 43.2 Å². The highest BCUT2D eigenvalue weighted by Crippen LogP contribution is 2.58. The maximum atomic E-state index is 14.9. The molecule has 2 aliphatic carbocycles. The molecular formula is C42H47F3N4O6S. The Morgan fingerprint density at radius 1 is 1.07 bits per heavy atom. The van der Waals surface area contributed by atoms with E-state index in [4.69, 9.17) is 9.72 Å². The number of halogens is 3. The number of nitrogens with one attached hydrogen (secondary N) is 1. The molecule has 14 heteroatoms. The smallest absolute Gasteiger partial charge is 0.416 e. The summed E-state index contributed by atoms with van der Waals surface area (Å²) >= 11 is 0. The molecule has 10 nitrogen and oxygen atoms in total. The fourth-order valence-corrected chi connectivity index (χ4v) is 10.5. The Labute approximate surface area is 324 Å². The molecule has 2 saturated carbocycles. The van der Waals surface area contributed by atoms with Crippen molar-refractivity contribution in [2.24, 2.45) is 17.3 Å². The van der Waals surface area contributed by atoms with Crippen LogP contribution in [0.5, 0.6) is 5.75 Å². The molecule has 0 bridgehead atoms. The van der Waals surface area contributed by atoms with Gasteiger partial charge in [-0.05, 0) is 89.3 Å². The molecule has 1 saturated heterocycles. The van der Waals surface area contributed by atoms with E-state index in [9.17, 15) is 36.0 Å². The highest BCUT2D eigenvalue weighted by atomic mass is 32.2. The van der Waals surface area contributed by atoms with Crippen molar-refractivity contribution >= 4 is 38.5 Å². The predicted molar refractivity (Wildman–Crippen MR) is 202 cm³/mol. The number of allylic oxidation sites excluding steroid dienone is 2. The molecule has 298 valence electrons. The van der Waals surface area contributed by atoms with E-state index in [1.165, 1.54) is 4.90 Å². The van der Waals surface area contributed by atoms with Gasteiger partial charge < -0.3 is 9.64 Å². The molecule has 1 N–H and O–H groups in total. The minimum atomic E-state index is -4.58. The van der Waals surface area contributed by atoms with Crippen molar-refractivity contribution in [3.05, 3.63) is 77.3 Å². The predicted octanol–water partition coefficient (Wildman–Crippen LogP) is 6.96. The van der Waals surface area contributed by atoms with E-state index in [1.807, 2.05) is 43.3 Å². The van der Waals surface area contributed by atoms with Crippen LogP contribution in [-0.2, 0) is 43.4 Å². The van der Waals surface area contributed by atoms with Crippen molar-refractivity contribution in [1.82, 2.24) is 19.6 Å². The number of rotatable bonds is 5. The molecule has 56 heavy (non-hydrogen) atoms. The van der Waals surface area contributed by atoms with Crippen molar-refractivity contribution in [3.63, 3.8) is 0 Å². The van der Waals surface area contributed by atoms with Crippen LogP contribution < -0.4 is 9.46 Å². The molecule has 1 aromatic carbocycles. The second-order valence-corrected chi connectivity index (χ2v) is 19.2. The lowest BCUT2D eigenvalue weighted by atomic mass is 9.85. The molecule has 3 aliphatic heterocycles. The van der Waals surface area contributed by atoms with Gasteiger partial charge in [-0.2, -0.15) is 13.2 Å². The van der Waals surface area contributed by atoms with Crippen LogP contribution in [0.1, 0.15) is 100 Å². The molecule has 1 spiro atoms. The van der Waals surface area contributed by atoms with Gasteiger partial charge in [0.2, 0.25) is 21.8 Å². The molecule has 0 radical (unpaired) electrons. The van der Waals surface area contributed by atoms with Gasteiger partial charge >= 0.3 is 6.18 Å². The summed E-state index contributed by atoms with van der Waals surface area (Å²) in [7, 11) is -3.98. The maximum Gasteiger partial charge on any atom is 0.416 e. The number of ketones is 1. The average Bonchev–Trinajstić information content (AvgIpc) is 4.05. The first-order chi connectivity index (χ1) is 26.5. The fourth-order valence-electron chi connectivity index (χ4n) is 9.13. The number of Topliss-reactive ketones (excluding diaryl/α,β-unsaturated/α-hetero) is 1. The summed E-state index contributed by atoms with van der Waals surface area (Å²) in [6, 6.07) is 8.68. The van der Waals surface area contributed by atoms with Crippen LogP contribution in [-0.4, -0.2) is 63.8 Å². The van der Waals surface area contributed by atoms with Crippen LogP contribution in [0.25, 0.3) is 10.9 Å². The zero-order valence-corrected chi connectivity index (χ0v) is 32.5. The van der Waals surface area contributed by atoms with Crippen LogP contribution in [0, 0.1) is 24.2 Å². The Hall–Kier alpha value is -4.33. The third-order valence-corrected chi connectivity index (χ3v) is 15.1. The van der Waals surface area contributed by atoms with Crippen molar-refractivity contribution in [1.29, 1.82) is 0 Å². The number of para-hydroxylation sites is 1. The number of amides is 2. The number of sulfonamides is 1. The molecule has 8 rings (SSSR count). The monoisotopic (exact) mass is 792 g/mol. The van der Waals surface area contributed by atoms with Gasteiger partial charge in [-0.15, -0.1) is 0 Å². The first-order valence-corrected chi connectivity index (χ1v) is 21.2. The molecule has 2 amide bonds. The first-order valence-electron chi connectivity index (χ1n) is 19.7. The second kappa shape index (κ2) is 13.9. The number of benzene rings is 1. The minimum absolute atomic E-state index is 0.0448. The molecule has 5 atom stereocenters. The Bertz CT molecular complexity index is 2240. The van der Waals surface area contributed by atoms with Crippen LogP contribution in [0.15, 0.2) is 54.7 Å². The Kier molecular flexibility index (Phi) is 9.60. The third kappa shape index (κ3) is 7.11. The summed E-state index contributed by atoms with van der Waals surface area (Å²) in [5, 5.41) is 0.965. The highest BCUT2D eigenvalue weighted by Gasteiger charge is 2.63. The van der Waals surface area contributed by atoms with Crippen LogP contribution in [0.4, 0.5) is 13.2 Å². The number of carbonyl (C=O) groups is 3. The number of pyridine rings is 2. The summed E-state index contributed by atoms with van der Waals surface area (Å²) < 4.78 is 75.8. The lowest BCUT2D eigenvalue weighted by Crippen LogP contribution is -2.48. The van der Waals surface area contributed by atoms with E-state index in [0.717, 1.165) is 47.6 Å². The second-order valence-electron chi connectivity index (χ2n) is 17.0. The van der Waals surface area contributed by atoms with E-state index >= 15 is 0 Å². The lowest BCUT2D eigenvalue weighted by Gasteiger charge is -2.36. The molecule has 3 aromatic rings. The van der Waals surface area contributed by atoms with E-state index in [0.29, 0.717) is 62.8 Å². The number of carbonyl (C=O) groups excluding carboxylic acids is 3. The fraction of sp³-hybridized carbons (Fsp3) is 0.548. The number of hydrogen-bond acceptors (Lipinski definition) is 8. The van der Waals surface area contributed by atoms with Gasteiger partial charge in [0.15, 0.2) is 5.78 Å². The molecule has 2 aromatic heterocycles. The highest BCUT2D eigenvalue weighted by molar-refractivity contribution is 7.91. The van der Waals surface area contributed by atoms with Crippen LogP contribution in [0.3, 0.4) is 0 Å². The van der Waals surface area contributed by atoms with Crippen molar-refractivity contribution < 1.29 is 40.7 Å². The minimum Gasteiger partial charge on any atom is -0.483 e. The number of fused-ring (bicyclic) bond motifs is 5. The average molecular weight is 793 g/mol. The SMILES string of the molecule is Cc1nc2ccccc2c2c1O[C@]1(CC2)C[C@H]2C(=O)C[C@]3(C(=O)NS(=O)(=O)C4(C)CC4)C[C@H]3/C=C\CCCCC[C@H](Cc3cc(C(F)(F)F)ccn3)C(=O)N2C1. The quantitative estimate of drug-likeness (QED) is 0.274. The van der Waals surface area contributed by atoms with E-state index < -0.39 is 55.4 Å². The summed E-state index contributed by atoms with van der Waals surface area (Å²) in [6.45, 7) is 3.53. The number of ether oxygens (including phenoxy) is 1. The van der Waals surface area contributed by atoms with Crippen LogP contribution in [0.2, 0.25) is 0 Å². The van der Waals surface area contributed by atoms with E-state index in [1.54, 1.807) is 6.92 Å². The third-order valence-electron chi connectivity index (χ3n) is 13.0. The van der Waals surface area contributed by atoms with Crippen molar-refractivity contribution in [3.8, 4) is 5.75 Å². The van der Waals surface area contributed by atoms with Gasteiger partial charge in [-0.3, -0.25) is 24.1 Å². The van der Waals surface area contributed by atoms with Crippen LogP contribution >= 0.6 is 0 Å². The van der Waals surface area contributed by atoms with Crippen molar-refractivity contribution in [2.45, 2.75) is 120 Å².